The maximum atomic E-state index is 13.4. The minimum absolute atomic E-state index is 0.310. The second-order valence-electron chi connectivity index (χ2n) is 9.78. The van der Waals surface area contributed by atoms with Crippen molar-refractivity contribution in [1.82, 2.24) is 9.80 Å². The van der Waals surface area contributed by atoms with E-state index < -0.39 is 0 Å². The smallest absolute Gasteiger partial charge is 0.223 e. The van der Waals surface area contributed by atoms with Crippen molar-refractivity contribution in [2.24, 2.45) is 11.8 Å². The molecule has 1 amide bonds. The van der Waals surface area contributed by atoms with E-state index in [-0.39, 0.29) is 0 Å². The van der Waals surface area contributed by atoms with Crippen LogP contribution in [0.15, 0.2) is 29.8 Å². The van der Waals surface area contributed by atoms with Crippen LogP contribution in [0.25, 0.3) is 0 Å². The summed E-state index contributed by atoms with van der Waals surface area (Å²) < 4.78 is 10.8. The highest BCUT2D eigenvalue weighted by atomic mass is 16.5. The van der Waals surface area contributed by atoms with E-state index in [0.29, 0.717) is 30.2 Å². The summed E-state index contributed by atoms with van der Waals surface area (Å²) in [6, 6.07) is 7.06. The summed E-state index contributed by atoms with van der Waals surface area (Å²) in [7, 11) is 3.30. The molecule has 5 rings (SSSR count). The van der Waals surface area contributed by atoms with Gasteiger partial charge in [-0.2, -0.15) is 0 Å². The Morgan fingerprint density at radius 3 is 2.81 bits per heavy atom. The first kappa shape index (κ1) is 20.9. The number of benzene rings is 1. The quantitative estimate of drug-likeness (QED) is 0.669. The van der Waals surface area contributed by atoms with Gasteiger partial charge < -0.3 is 14.4 Å². The van der Waals surface area contributed by atoms with E-state index in [1.54, 1.807) is 19.8 Å². The molecule has 2 bridgehead atoms. The van der Waals surface area contributed by atoms with Gasteiger partial charge in [0.15, 0.2) is 11.5 Å². The lowest BCUT2D eigenvalue weighted by Crippen LogP contribution is -2.60. The molecule has 3 fully saturated rings. The van der Waals surface area contributed by atoms with Crippen molar-refractivity contribution in [1.29, 1.82) is 0 Å². The fourth-order valence-corrected chi connectivity index (χ4v) is 6.68. The summed E-state index contributed by atoms with van der Waals surface area (Å²) in [5.41, 5.74) is 2.69. The number of ether oxygens (including phenoxy) is 2. The monoisotopic (exact) mass is 424 g/mol. The number of hydrogen-bond donors (Lipinski definition) is 0. The zero-order chi connectivity index (χ0) is 21.4. The van der Waals surface area contributed by atoms with E-state index in [1.807, 2.05) is 18.2 Å². The fourth-order valence-electron chi connectivity index (χ4n) is 6.68. The minimum atomic E-state index is 0.310. The molecule has 3 saturated heterocycles. The van der Waals surface area contributed by atoms with E-state index in [0.717, 1.165) is 42.5 Å². The van der Waals surface area contributed by atoms with Gasteiger partial charge in [-0.1, -0.05) is 24.1 Å². The molecule has 0 saturated carbocycles. The predicted molar refractivity (Wildman–Crippen MR) is 121 cm³/mol. The lowest BCUT2D eigenvalue weighted by atomic mass is 9.68. The van der Waals surface area contributed by atoms with E-state index in [4.69, 9.17) is 9.47 Å². The van der Waals surface area contributed by atoms with Crippen LogP contribution in [0, 0.1) is 11.8 Å². The van der Waals surface area contributed by atoms with Crippen molar-refractivity contribution < 1.29 is 14.3 Å². The van der Waals surface area contributed by atoms with E-state index in [9.17, 15) is 4.79 Å². The summed E-state index contributed by atoms with van der Waals surface area (Å²) in [6.07, 6.45) is 11.5. The molecule has 2 unspecified atom stereocenters. The summed E-state index contributed by atoms with van der Waals surface area (Å²) in [5.74, 6) is 3.10. The molecule has 168 valence electrons. The number of methoxy groups -OCH3 is 2. The van der Waals surface area contributed by atoms with Gasteiger partial charge in [0.05, 0.1) is 20.3 Å². The van der Waals surface area contributed by atoms with Gasteiger partial charge in [0, 0.05) is 25.6 Å². The van der Waals surface area contributed by atoms with Crippen LogP contribution in [0.2, 0.25) is 0 Å². The van der Waals surface area contributed by atoms with Crippen molar-refractivity contribution in [2.45, 2.75) is 63.5 Å². The van der Waals surface area contributed by atoms with Gasteiger partial charge in [0.25, 0.3) is 0 Å². The number of rotatable bonds is 5. The number of aryl methyl sites for hydroxylation is 1. The molecule has 0 aromatic heterocycles. The highest BCUT2D eigenvalue weighted by molar-refractivity contribution is 5.77. The van der Waals surface area contributed by atoms with Crippen LogP contribution in [0.1, 0.15) is 50.5 Å². The number of nitrogens with zero attached hydrogens (tertiary/aromatic N) is 2. The van der Waals surface area contributed by atoms with Crippen LogP contribution < -0.4 is 9.47 Å². The molecule has 31 heavy (non-hydrogen) atoms. The number of likely N-dealkylation sites (tertiary alicyclic amines) is 1. The van der Waals surface area contributed by atoms with Gasteiger partial charge in [0.2, 0.25) is 5.91 Å². The fraction of sp³-hybridized carbons (Fsp3) is 0.654. The highest BCUT2D eigenvalue weighted by Crippen LogP contribution is 2.45. The largest absolute Gasteiger partial charge is 0.493 e. The summed E-state index contributed by atoms with van der Waals surface area (Å²) in [4.78, 5) is 18.4. The molecular weight excluding hydrogens is 388 g/mol. The number of carbonyl (C=O) groups excluding carboxylic acids is 1. The topological polar surface area (TPSA) is 42.0 Å². The van der Waals surface area contributed by atoms with Crippen molar-refractivity contribution in [3.63, 3.8) is 0 Å². The minimum Gasteiger partial charge on any atom is -0.493 e. The summed E-state index contributed by atoms with van der Waals surface area (Å²) in [6.45, 7) is 3.35. The van der Waals surface area contributed by atoms with Crippen LogP contribution in [0.3, 0.4) is 0 Å². The van der Waals surface area contributed by atoms with Crippen molar-refractivity contribution in [3.8, 4) is 11.5 Å². The Bertz CT molecular complexity index is 851. The maximum Gasteiger partial charge on any atom is 0.223 e. The molecule has 3 aliphatic heterocycles. The number of amides is 1. The molecule has 5 nitrogen and oxygen atoms in total. The van der Waals surface area contributed by atoms with Gasteiger partial charge in [0.1, 0.15) is 0 Å². The summed E-state index contributed by atoms with van der Waals surface area (Å²) in [5, 5.41) is 0. The molecule has 0 N–H and O–H groups in total. The molecule has 5 heteroatoms. The molecule has 0 radical (unpaired) electrons. The normalized spacial score (nSPS) is 30.1. The maximum absolute atomic E-state index is 13.4. The molecule has 4 atom stereocenters. The number of hydrogen-bond acceptors (Lipinski definition) is 4. The van der Waals surface area contributed by atoms with E-state index in [2.05, 4.69) is 15.9 Å². The number of piperidine rings is 3. The Balaban J connectivity index is 1.29. The van der Waals surface area contributed by atoms with Crippen LogP contribution >= 0.6 is 0 Å². The predicted octanol–water partition coefficient (Wildman–Crippen LogP) is 4.06. The second kappa shape index (κ2) is 8.85. The molecular formula is C26H36N2O3. The van der Waals surface area contributed by atoms with Crippen LogP contribution in [-0.4, -0.2) is 61.6 Å². The average molecular weight is 425 g/mol. The van der Waals surface area contributed by atoms with Crippen molar-refractivity contribution in [2.75, 3.05) is 33.9 Å². The summed E-state index contributed by atoms with van der Waals surface area (Å²) >= 11 is 0. The highest BCUT2D eigenvalue weighted by Gasteiger charge is 2.46. The van der Waals surface area contributed by atoms with Crippen LogP contribution in [0.4, 0.5) is 0 Å². The second-order valence-corrected chi connectivity index (χ2v) is 9.78. The third-order valence-corrected chi connectivity index (χ3v) is 8.05. The molecule has 1 aliphatic carbocycles. The third-order valence-electron chi connectivity index (χ3n) is 8.05. The molecule has 4 aliphatic rings. The first-order valence-corrected chi connectivity index (χ1v) is 12.1. The zero-order valence-electron chi connectivity index (χ0n) is 19.0. The average Bonchev–Trinajstić information content (AvgIpc) is 2.82. The van der Waals surface area contributed by atoms with Gasteiger partial charge in [-0.3, -0.25) is 9.69 Å². The SMILES string of the molecule is COc1ccc(CCC(=O)N2CCCC3=C[C@@H]4C[C@@H](CN5CCCCC45)C32)cc1OC. The number of fused-ring (bicyclic) bond motifs is 6. The first-order valence-electron chi connectivity index (χ1n) is 12.1. The van der Waals surface area contributed by atoms with Crippen molar-refractivity contribution >= 4 is 5.91 Å². The Morgan fingerprint density at radius 1 is 1.10 bits per heavy atom. The molecule has 3 heterocycles. The Morgan fingerprint density at radius 2 is 1.97 bits per heavy atom. The van der Waals surface area contributed by atoms with E-state index >= 15 is 0 Å². The van der Waals surface area contributed by atoms with Crippen LogP contribution in [-0.2, 0) is 11.2 Å². The zero-order valence-corrected chi connectivity index (χ0v) is 19.0. The lowest BCUT2D eigenvalue weighted by molar-refractivity contribution is -0.136. The molecule has 0 spiro atoms. The van der Waals surface area contributed by atoms with E-state index in [1.165, 1.54) is 45.2 Å². The Kier molecular flexibility index (Phi) is 5.96. The van der Waals surface area contributed by atoms with Crippen LogP contribution in [0.5, 0.6) is 11.5 Å². The van der Waals surface area contributed by atoms with Gasteiger partial charge in [-0.25, -0.2) is 0 Å². The molecule has 1 aromatic carbocycles. The van der Waals surface area contributed by atoms with Gasteiger partial charge >= 0.3 is 0 Å². The van der Waals surface area contributed by atoms with Gasteiger partial charge in [-0.05, 0) is 74.6 Å². The van der Waals surface area contributed by atoms with Gasteiger partial charge in [-0.15, -0.1) is 0 Å². The van der Waals surface area contributed by atoms with Crippen molar-refractivity contribution in [3.05, 3.63) is 35.4 Å². The first-order chi connectivity index (χ1) is 15.2. The number of carbonyl (C=O) groups is 1. The Labute approximate surface area is 186 Å². The third kappa shape index (κ3) is 3.97. The molecule has 1 aromatic rings. The lowest BCUT2D eigenvalue weighted by Gasteiger charge is -2.54. The Hall–Kier alpha value is -2.01. The standard InChI is InChI=1S/C26H36N2O3/c1-30-23-10-8-18(14-24(23)31-2)9-11-25(29)28-13-5-6-19-15-20-16-21(26(19)28)17-27-12-4-3-7-22(20)27/h8,10,14-15,20-22,26H,3-7,9,11-13,16-17H2,1-2H3/t20-,21+,22?,26?/m1/s1.